The first-order chi connectivity index (χ1) is 7.96. The van der Waals surface area contributed by atoms with Crippen LogP contribution in [0, 0.1) is 11.3 Å². The summed E-state index contributed by atoms with van der Waals surface area (Å²) in [6.07, 6.45) is 4.40. The second-order valence-corrected chi connectivity index (χ2v) is 5.50. The van der Waals surface area contributed by atoms with Gasteiger partial charge in [0.25, 0.3) is 0 Å². The summed E-state index contributed by atoms with van der Waals surface area (Å²) in [5.41, 5.74) is -0.762. The predicted molar refractivity (Wildman–Crippen MR) is 65.6 cm³/mol. The Hall–Kier alpha value is -1.06. The number of nitrogens with one attached hydrogen (secondary N) is 1. The summed E-state index contributed by atoms with van der Waals surface area (Å²) in [6.45, 7) is 4.96. The van der Waals surface area contributed by atoms with Crippen molar-refractivity contribution in [1.82, 2.24) is 5.32 Å². The zero-order chi connectivity index (χ0) is 12.9. The Morgan fingerprint density at radius 3 is 2.41 bits per heavy atom. The number of amides is 1. The molecule has 0 aromatic heterocycles. The van der Waals surface area contributed by atoms with E-state index in [4.69, 9.17) is 5.11 Å². The molecule has 1 fully saturated rings. The topological polar surface area (TPSA) is 66.4 Å². The van der Waals surface area contributed by atoms with Gasteiger partial charge >= 0.3 is 5.97 Å². The van der Waals surface area contributed by atoms with Crippen LogP contribution in [0.2, 0.25) is 0 Å². The number of carboxylic acids is 1. The van der Waals surface area contributed by atoms with Gasteiger partial charge in [0.2, 0.25) is 5.91 Å². The van der Waals surface area contributed by atoms with Gasteiger partial charge in [-0.05, 0) is 31.6 Å². The van der Waals surface area contributed by atoms with Crippen LogP contribution in [0.15, 0.2) is 0 Å². The van der Waals surface area contributed by atoms with Crippen LogP contribution in [0.1, 0.15) is 52.4 Å². The zero-order valence-corrected chi connectivity index (χ0v) is 10.8. The molecule has 1 aliphatic rings. The Kier molecular flexibility index (Phi) is 4.97. The highest BCUT2D eigenvalue weighted by atomic mass is 16.4. The standard InChI is InChI=1S/C13H23NO3/c1-10(2)5-3-8-14-11(15)9-13(12(16)17)6-4-7-13/h10H,3-9H2,1-2H3,(H,14,15)(H,16,17). The maximum Gasteiger partial charge on any atom is 0.310 e. The first kappa shape index (κ1) is 14.0. The van der Waals surface area contributed by atoms with E-state index in [2.05, 4.69) is 19.2 Å². The Labute approximate surface area is 103 Å². The first-order valence-corrected chi connectivity index (χ1v) is 6.46. The number of carbonyl (C=O) groups is 2. The predicted octanol–water partition coefficient (Wildman–Crippen LogP) is 2.18. The lowest BCUT2D eigenvalue weighted by Crippen LogP contribution is -2.42. The minimum absolute atomic E-state index is 0.115. The molecule has 0 unspecified atom stereocenters. The van der Waals surface area contributed by atoms with E-state index in [0.29, 0.717) is 25.3 Å². The fourth-order valence-corrected chi connectivity index (χ4v) is 2.18. The molecule has 0 radical (unpaired) electrons. The number of carboxylic acid groups (broad SMARTS) is 1. The number of rotatable bonds is 7. The van der Waals surface area contributed by atoms with Gasteiger partial charge in [-0.15, -0.1) is 0 Å². The summed E-state index contributed by atoms with van der Waals surface area (Å²) >= 11 is 0. The van der Waals surface area contributed by atoms with Crippen molar-refractivity contribution in [3.8, 4) is 0 Å². The lowest BCUT2D eigenvalue weighted by molar-refractivity contribution is -0.157. The lowest BCUT2D eigenvalue weighted by Gasteiger charge is -2.36. The highest BCUT2D eigenvalue weighted by Gasteiger charge is 2.45. The quantitative estimate of drug-likeness (QED) is 0.671. The Morgan fingerprint density at radius 2 is 2.00 bits per heavy atom. The van der Waals surface area contributed by atoms with Crippen LogP contribution in [-0.2, 0) is 9.59 Å². The lowest BCUT2D eigenvalue weighted by atomic mass is 9.66. The molecule has 0 bridgehead atoms. The molecule has 0 aromatic rings. The summed E-state index contributed by atoms with van der Waals surface area (Å²) in [6, 6.07) is 0. The molecule has 1 aliphatic carbocycles. The van der Waals surface area contributed by atoms with E-state index in [1.165, 1.54) is 0 Å². The van der Waals surface area contributed by atoms with Gasteiger partial charge < -0.3 is 10.4 Å². The summed E-state index contributed by atoms with van der Waals surface area (Å²) in [5, 5.41) is 11.9. The third kappa shape index (κ3) is 4.02. The van der Waals surface area contributed by atoms with E-state index in [-0.39, 0.29) is 12.3 Å². The van der Waals surface area contributed by atoms with E-state index < -0.39 is 11.4 Å². The van der Waals surface area contributed by atoms with Crippen molar-refractivity contribution in [1.29, 1.82) is 0 Å². The summed E-state index contributed by atoms with van der Waals surface area (Å²) < 4.78 is 0. The molecular weight excluding hydrogens is 218 g/mol. The van der Waals surface area contributed by atoms with Crippen LogP contribution >= 0.6 is 0 Å². The fourth-order valence-electron chi connectivity index (χ4n) is 2.18. The van der Waals surface area contributed by atoms with Gasteiger partial charge in [0.15, 0.2) is 0 Å². The van der Waals surface area contributed by atoms with Crippen LogP contribution < -0.4 is 5.32 Å². The molecule has 1 saturated carbocycles. The molecule has 1 rings (SSSR count). The molecule has 98 valence electrons. The molecule has 2 N–H and O–H groups in total. The molecule has 0 spiro atoms. The van der Waals surface area contributed by atoms with Crippen LogP contribution in [0.4, 0.5) is 0 Å². The molecule has 1 amide bonds. The van der Waals surface area contributed by atoms with Crippen molar-refractivity contribution in [3.05, 3.63) is 0 Å². The summed E-state index contributed by atoms with van der Waals surface area (Å²) in [7, 11) is 0. The second kappa shape index (κ2) is 6.03. The Balaban J connectivity index is 2.22. The smallest absolute Gasteiger partial charge is 0.310 e. The minimum atomic E-state index is -0.818. The average Bonchev–Trinajstić information content (AvgIpc) is 2.17. The van der Waals surface area contributed by atoms with Gasteiger partial charge in [-0.2, -0.15) is 0 Å². The van der Waals surface area contributed by atoms with Gasteiger partial charge in [0, 0.05) is 13.0 Å². The maximum absolute atomic E-state index is 11.6. The Bertz CT molecular complexity index is 282. The number of hydrogen-bond donors (Lipinski definition) is 2. The molecule has 0 aromatic carbocycles. The van der Waals surface area contributed by atoms with E-state index in [1.807, 2.05) is 0 Å². The molecule has 0 saturated heterocycles. The van der Waals surface area contributed by atoms with E-state index in [0.717, 1.165) is 19.3 Å². The SMILES string of the molecule is CC(C)CCCNC(=O)CC1(C(=O)O)CCC1. The van der Waals surface area contributed by atoms with Crippen LogP contribution in [0.5, 0.6) is 0 Å². The van der Waals surface area contributed by atoms with Gasteiger partial charge in [0.1, 0.15) is 0 Å². The van der Waals surface area contributed by atoms with Gasteiger partial charge in [-0.25, -0.2) is 0 Å². The summed E-state index contributed by atoms with van der Waals surface area (Å²) in [5.74, 6) is -0.291. The normalized spacial score (nSPS) is 17.6. The number of carbonyl (C=O) groups excluding carboxylic acids is 1. The summed E-state index contributed by atoms with van der Waals surface area (Å²) in [4.78, 5) is 22.7. The van der Waals surface area contributed by atoms with Crippen molar-refractivity contribution in [2.45, 2.75) is 52.4 Å². The van der Waals surface area contributed by atoms with Crippen molar-refractivity contribution >= 4 is 11.9 Å². The molecule has 0 atom stereocenters. The van der Waals surface area contributed by atoms with Crippen molar-refractivity contribution in [2.24, 2.45) is 11.3 Å². The van der Waals surface area contributed by atoms with E-state index in [1.54, 1.807) is 0 Å². The molecule has 17 heavy (non-hydrogen) atoms. The highest BCUT2D eigenvalue weighted by Crippen LogP contribution is 2.44. The van der Waals surface area contributed by atoms with Crippen molar-refractivity contribution in [3.63, 3.8) is 0 Å². The zero-order valence-electron chi connectivity index (χ0n) is 10.8. The van der Waals surface area contributed by atoms with Crippen molar-refractivity contribution < 1.29 is 14.7 Å². The molecule has 0 heterocycles. The van der Waals surface area contributed by atoms with Crippen LogP contribution in [0.3, 0.4) is 0 Å². The van der Waals surface area contributed by atoms with Crippen LogP contribution in [-0.4, -0.2) is 23.5 Å². The molecule has 4 heteroatoms. The molecule has 4 nitrogen and oxygen atoms in total. The Morgan fingerprint density at radius 1 is 1.35 bits per heavy atom. The van der Waals surface area contributed by atoms with Gasteiger partial charge in [-0.1, -0.05) is 20.3 Å². The van der Waals surface area contributed by atoms with Crippen LogP contribution in [0.25, 0.3) is 0 Å². The second-order valence-electron chi connectivity index (χ2n) is 5.50. The van der Waals surface area contributed by atoms with Crippen molar-refractivity contribution in [2.75, 3.05) is 6.54 Å². The first-order valence-electron chi connectivity index (χ1n) is 6.46. The number of hydrogen-bond acceptors (Lipinski definition) is 2. The van der Waals surface area contributed by atoms with Gasteiger partial charge in [0.05, 0.1) is 5.41 Å². The van der Waals surface area contributed by atoms with E-state index >= 15 is 0 Å². The monoisotopic (exact) mass is 241 g/mol. The number of aliphatic carboxylic acids is 1. The minimum Gasteiger partial charge on any atom is -0.481 e. The molecular formula is C13H23NO3. The highest BCUT2D eigenvalue weighted by molar-refractivity contribution is 5.85. The molecule has 0 aliphatic heterocycles. The van der Waals surface area contributed by atoms with E-state index in [9.17, 15) is 9.59 Å². The third-order valence-corrected chi connectivity index (χ3v) is 3.54. The third-order valence-electron chi connectivity index (χ3n) is 3.54. The van der Waals surface area contributed by atoms with Gasteiger partial charge in [-0.3, -0.25) is 9.59 Å². The average molecular weight is 241 g/mol. The fraction of sp³-hybridized carbons (Fsp3) is 0.846. The maximum atomic E-state index is 11.6. The largest absolute Gasteiger partial charge is 0.481 e.